The van der Waals surface area contributed by atoms with Gasteiger partial charge in [0.25, 0.3) is 5.91 Å². The molecule has 0 atom stereocenters. The zero-order chi connectivity index (χ0) is 19.8. The minimum atomic E-state index is -0.691. The van der Waals surface area contributed by atoms with Crippen molar-refractivity contribution in [2.45, 2.75) is 33.7 Å². The maximum Gasteiger partial charge on any atom is 0.342 e. The number of benzene rings is 1. The highest BCUT2D eigenvalue weighted by atomic mass is 16.5. The second kappa shape index (κ2) is 9.51. The molecule has 0 unspecified atom stereocenters. The molecule has 27 heavy (non-hydrogen) atoms. The van der Waals surface area contributed by atoms with E-state index in [9.17, 15) is 14.4 Å². The molecule has 0 radical (unpaired) electrons. The molecule has 2 rings (SSSR count). The fourth-order valence-electron chi connectivity index (χ4n) is 2.55. The van der Waals surface area contributed by atoms with E-state index in [1.807, 2.05) is 37.3 Å². The predicted molar refractivity (Wildman–Crippen MR) is 99.4 cm³/mol. The van der Waals surface area contributed by atoms with Crippen molar-refractivity contribution in [1.82, 2.24) is 20.4 Å². The van der Waals surface area contributed by atoms with Crippen LogP contribution in [0.4, 0.5) is 4.79 Å². The normalized spacial score (nSPS) is 10.3. The van der Waals surface area contributed by atoms with Gasteiger partial charge >= 0.3 is 12.0 Å². The Morgan fingerprint density at radius 2 is 1.85 bits per heavy atom. The Morgan fingerprint density at radius 1 is 1.15 bits per heavy atom. The first-order valence-electron chi connectivity index (χ1n) is 8.75. The van der Waals surface area contributed by atoms with E-state index in [0.717, 1.165) is 12.0 Å². The zero-order valence-corrected chi connectivity index (χ0v) is 15.7. The summed E-state index contributed by atoms with van der Waals surface area (Å²) < 4.78 is 6.76. The van der Waals surface area contributed by atoms with Crippen molar-refractivity contribution >= 4 is 17.9 Å². The van der Waals surface area contributed by atoms with Crippen molar-refractivity contribution in [2.24, 2.45) is 0 Å². The maximum atomic E-state index is 12.4. The van der Waals surface area contributed by atoms with Crippen molar-refractivity contribution in [1.29, 1.82) is 0 Å². The molecule has 0 saturated heterocycles. The summed E-state index contributed by atoms with van der Waals surface area (Å²) in [5, 5.41) is 8.99. The van der Waals surface area contributed by atoms with Crippen LogP contribution >= 0.6 is 0 Å². The average molecular weight is 372 g/mol. The Balaban J connectivity index is 1.96. The number of nitrogens with one attached hydrogen (secondary N) is 2. The van der Waals surface area contributed by atoms with E-state index in [-0.39, 0.29) is 0 Å². The molecule has 8 heteroatoms. The van der Waals surface area contributed by atoms with Gasteiger partial charge in [0.1, 0.15) is 5.56 Å². The molecule has 0 saturated carbocycles. The van der Waals surface area contributed by atoms with Gasteiger partial charge in [-0.3, -0.25) is 14.8 Å². The Morgan fingerprint density at radius 3 is 2.52 bits per heavy atom. The number of esters is 1. The Kier molecular flexibility index (Phi) is 7.10. The number of ether oxygens (including phenoxy) is 1. The summed E-state index contributed by atoms with van der Waals surface area (Å²) in [4.78, 5) is 35.5. The van der Waals surface area contributed by atoms with Gasteiger partial charge in [-0.25, -0.2) is 9.59 Å². The van der Waals surface area contributed by atoms with E-state index in [0.29, 0.717) is 30.0 Å². The van der Waals surface area contributed by atoms with E-state index < -0.39 is 24.5 Å². The average Bonchev–Trinajstić information content (AvgIpc) is 2.92. The lowest BCUT2D eigenvalue weighted by molar-refractivity contribution is -0.123. The number of urea groups is 1. The molecule has 0 aliphatic rings. The SMILES string of the molecule is CCCNC(=O)NC(=O)COC(=O)c1c(C)nn(Cc2ccccc2)c1C. The molecular formula is C19H24N4O4. The number of aromatic nitrogens is 2. The number of imide groups is 1. The standard InChI is InChI=1S/C19H24N4O4/c1-4-10-20-19(26)21-16(24)12-27-18(25)17-13(2)22-23(14(17)3)11-15-8-6-5-7-9-15/h5-9H,4,10-12H2,1-3H3,(H2,20,21,24,26). The third-order valence-corrected chi connectivity index (χ3v) is 3.88. The molecule has 144 valence electrons. The molecule has 3 amide bonds. The van der Waals surface area contributed by atoms with Crippen LogP contribution < -0.4 is 10.6 Å². The van der Waals surface area contributed by atoms with Gasteiger partial charge in [0.05, 0.1) is 17.9 Å². The van der Waals surface area contributed by atoms with Gasteiger partial charge in [0.2, 0.25) is 0 Å². The number of nitrogens with zero attached hydrogens (tertiary/aromatic N) is 2. The first-order chi connectivity index (χ1) is 12.9. The molecule has 0 aliphatic carbocycles. The van der Waals surface area contributed by atoms with Gasteiger partial charge < -0.3 is 10.1 Å². The lowest BCUT2D eigenvalue weighted by atomic mass is 10.2. The maximum absolute atomic E-state index is 12.4. The first kappa shape index (κ1) is 20.2. The van der Waals surface area contributed by atoms with Gasteiger partial charge in [0, 0.05) is 6.54 Å². The molecule has 0 bridgehead atoms. The number of carbonyl (C=O) groups is 3. The quantitative estimate of drug-likeness (QED) is 0.723. The van der Waals surface area contributed by atoms with Gasteiger partial charge in [-0.05, 0) is 25.8 Å². The third kappa shape index (κ3) is 5.67. The molecule has 1 aromatic heterocycles. The fourth-order valence-corrected chi connectivity index (χ4v) is 2.55. The summed E-state index contributed by atoms with van der Waals surface area (Å²) in [6.07, 6.45) is 0.752. The highest BCUT2D eigenvalue weighted by Gasteiger charge is 2.21. The molecule has 0 aliphatic heterocycles. The lowest BCUT2D eigenvalue weighted by Gasteiger charge is -2.07. The van der Waals surface area contributed by atoms with Crippen molar-refractivity contribution in [3.05, 3.63) is 52.8 Å². The van der Waals surface area contributed by atoms with Crippen LogP contribution in [-0.4, -0.2) is 40.8 Å². The second-order valence-electron chi connectivity index (χ2n) is 6.07. The van der Waals surface area contributed by atoms with E-state index in [1.165, 1.54) is 0 Å². The number of aryl methyl sites for hydroxylation is 1. The predicted octanol–water partition coefficient (Wildman–Crippen LogP) is 1.94. The van der Waals surface area contributed by atoms with Gasteiger partial charge in [-0.15, -0.1) is 0 Å². The van der Waals surface area contributed by atoms with Crippen LogP contribution in [0.25, 0.3) is 0 Å². The monoisotopic (exact) mass is 372 g/mol. The largest absolute Gasteiger partial charge is 0.452 e. The smallest absolute Gasteiger partial charge is 0.342 e. The van der Waals surface area contributed by atoms with Crippen molar-refractivity contribution in [3.8, 4) is 0 Å². The van der Waals surface area contributed by atoms with Crippen LogP contribution in [0.15, 0.2) is 30.3 Å². The highest BCUT2D eigenvalue weighted by molar-refractivity contribution is 5.97. The van der Waals surface area contributed by atoms with Gasteiger partial charge in [-0.1, -0.05) is 37.3 Å². The summed E-state index contributed by atoms with van der Waals surface area (Å²) in [6, 6.07) is 9.14. The molecule has 1 heterocycles. The van der Waals surface area contributed by atoms with E-state index in [4.69, 9.17) is 4.74 Å². The van der Waals surface area contributed by atoms with E-state index in [2.05, 4.69) is 15.7 Å². The number of hydrogen-bond acceptors (Lipinski definition) is 5. The first-order valence-corrected chi connectivity index (χ1v) is 8.75. The minimum absolute atomic E-state index is 0.328. The van der Waals surface area contributed by atoms with Crippen LogP contribution in [0.2, 0.25) is 0 Å². The van der Waals surface area contributed by atoms with Crippen molar-refractivity contribution < 1.29 is 19.1 Å². The molecule has 0 spiro atoms. The number of hydrogen-bond donors (Lipinski definition) is 2. The molecule has 0 fully saturated rings. The van der Waals surface area contributed by atoms with Crippen molar-refractivity contribution in [2.75, 3.05) is 13.2 Å². The lowest BCUT2D eigenvalue weighted by Crippen LogP contribution is -2.41. The van der Waals surface area contributed by atoms with Gasteiger partial charge in [0.15, 0.2) is 6.61 Å². The molecular weight excluding hydrogens is 348 g/mol. The summed E-state index contributed by atoms with van der Waals surface area (Å²) >= 11 is 0. The van der Waals surface area contributed by atoms with Crippen LogP contribution in [0.3, 0.4) is 0 Å². The highest BCUT2D eigenvalue weighted by Crippen LogP contribution is 2.16. The number of rotatable bonds is 7. The fraction of sp³-hybridized carbons (Fsp3) is 0.368. The Labute approximate surface area is 157 Å². The minimum Gasteiger partial charge on any atom is -0.452 e. The van der Waals surface area contributed by atoms with E-state index >= 15 is 0 Å². The molecule has 1 aromatic carbocycles. The van der Waals surface area contributed by atoms with Crippen LogP contribution in [-0.2, 0) is 16.1 Å². The zero-order valence-electron chi connectivity index (χ0n) is 15.7. The van der Waals surface area contributed by atoms with Crippen LogP contribution in [0.1, 0.15) is 40.7 Å². The third-order valence-electron chi connectivity index (χ3n) is 3.88. The van der Waals surface area contributed by atoms with Crippen LogP contribution in [0, 0.1) is 13.8 Å². The summed E-state index contributed by atoms with van der Waals surface area (Å²) in [6.45, 7) is 5.82. The number of amides is 3. The van der Waals surface area contributed by atoms with Crippen molar-refractivity contribution in [3.63, 3.8) is 0 Å². The summed E-state index contributed by atoms with van der Waals surface area (Å²) in [7, 11) is 0. The summed E-state index contributed by atoms with van der Waals surface area (Å²) in [5.41, 5.74) is 2.56. The Bertz CT molecular complexity index is 815. The Hall–Kier alpha value is -3.16. The second-order valence-corrected chi connectivity index (χ2v) is 6.07. The van der Waals surface area contributed by atoms with E-state index in [1.54, 1.807) is 18.5 Å². The van der Waals surface area contributed by atoms with Gasteiger partial charge in [-0.2, -0.15) is 5.10 Å². The van der Waals surface area contributed by atoms with Crippen LogP contribution in [0.5, 0.6) is 0 Å². The topological polar surface area (TPSA) is 102 Å². The molecule has 2 aromatic rings. The molecule has 8 nitrogen and oxygen atoms in total. The number of carbonyl (C=O) groups excluding carboxylic acids is 3. The molecule has 2 N–H and O–H groups in total. The summed E-state index contributed by atoms with van der Waals surface area (Å²) in [5.74, 6) is -1.34.